The molecule has 0 spiro atoms. The van der Waals surface area contributed by atoms with Crippen molar-refractivity contribution < 1.29 is 23.9 Å². The van der Waals surface area contributed by atoms with E-state index in [0.29, 0.717) is 61.2 Å². The van der Waals surface area contributed by atoms with E-state index in [-0.39, 0.29) is 29.8 Å². The number of dihydropyridines is 1. The molecule has 208 valence electrons. The SMILES string of the molecule is CC1=C(C(=O)OCC2CCN(C(=O)OC(C)(C)C)CC2)C(c2cccc(C#N)c2)C2=C(CC(C)(C)CC2=O)N1. The Hall–Kier alpha value is -3.60. The highest BCUT2D eigenvalue weighted by Crippen LogP contribution is 2.47. The van der Waals surface area contributed by atoms with Gasteiger partial charge in [0.15, 0.2) is 5.78 Å². The van der Waals surface area contributed by atoms with Gasteiger partial charge in [-0.3, -0.25) is 4.79 Å². The van der Waals surface area contributed by atoms with Gasteiger partial charge in [0.05, 0.1) is 23.8 Å². The molecule has 0 radical (unpaired) electrons. The number of hydrogen-bond acceptors (Lipinski definition) is 7. The summed E-state index contributed by atoms with van der Waals surface area (Å²) in [5.41, 5.74) is 2.97. The topological polar surface area (TPSA) is 109 Å². The second-order valence-electron chi connectivity index (χ2n) is 12.7. The maximum absolute atomic E-state index is 13.6. The van der Waals surface area contributed by atoms with Gasteiger partial charge >= 0.3 is 12.1 Å². The summed E-state index contributed by atoms with van der Waals surface area (Å²) in [6.45, 7) is 12.8. The van der Waals surface area contributed by atoms with Crippen molar-refractivity contribution in [3.05, 3.63) is 57.9 Å². The molecule has 1 aliphatic carbocycles. The van der Waals surface area contributed by atoms with Crippen molar-refractivity contribution in [1.29, 1.82) is 5.26 Å². The fourth-order valence-electron chi connectivity index (χ4n) is 5.71. The Morgan fingerprint density at radius 2 is 1.87 bits per heavy atom. The fourth-order valence-corrected chi connectivity index (χ4v) is 5.71. The lowest BCUT2D eigenvalue weighted by Crippen LogP contribution is -2.42. The number of nitriles is 1. The molecule has 1 amide bonds. The third-order valence-electron chi connectivity index (χ3n) is 7.53. The standard InChI is InChI=1S/C31H39N3O5/c1-19-25(28(36)38-18-20-10-12-34(13-11-20)29(37)39-30(2,3)4)26(22-9-7-8-21(14-22)17-32)27-23(33-19)15-31(5,6)16-24(27)35/h7-9,14,20,26,33H,10-13,15-16,18H2,1-6H3. The highest BCUT2D eigenvalue weighted by atomic mass is 16.6. The first-order valence-electron chi connectivity index (χ1n) is 13.7. The Labute approximate surface area is 231 Å². The minimum absolute atomic E-state index is 0.00780. The third-order valence-corrected chi connectivity index (χ3v) is 7.53. The van der Waals surface area contributed by atoms with Gasteiger partial charge in [0, 0.05) is 42.4 Å². The number of nitrogens with zero attached hydrogens (tertiary/aromatic N) is 2. The van der Waals surface area contributed by atoms with Crippen molar-refractivity contribution in [3.63, 3.8) is 0 Å². The zero-order valence-electron chi connectivity index (χ0n) is 23.8. The van der Waals surface area contributed by atoms with Crippen molar-refractivity contribution in [2.45, 2.75) is 78.7 Å². The summed E-state index contributed by atoms with van der Waals surface area (Å²) in [7, 11) is 0. The number of ether oxygens (including phenoxy) is 2. The summed E-state index contributed by atoms with van der Waals surface area (Å²) in [4.78, 5) is 41.2. The molecule has 0 bridgehead atoms. The summed E-state index contributed by atoms with van der Waals surface area (Å²) < 4.78 is 11.3. The van der Waals surface area contributed by atoms with Gasteiger partial charge in [-0.05, 0) is 76.0 Å². The summed E-state index contributed by atoms with van der Waals surface area (Å²) in [6, 6.07) is 9.27. The minimum atomic E-state index is -0.598. The first kappa shape index (κ1) is 28.4. The molecule has 8 nitrogen and oxygen atoms in total. The van der Waals surface area contributed by atoms with Gasteiger partial charge < -0.3 is 19.7 Å². The summed E-state index contributed by atoms with van der Waals surface area (Å²) in [5.74, 6) is -0.934. The molecule has 0 aromatic heterocycles. The highest BCUT2D eigenvalue weighted by molar-refractivity contribution is 6.04. The maximum Gasteiger partial charge on any atom is 0.410 e. The van der Waals surface area contributed by atoms with Gasteiger partial charge in [-0.25, -0.2) is 9.59 Å². The van der Waals surface area contributed by atoms with Crippen LogP contribution in [0, 0.1) is 22.7 Å². The van der Waals surface area contributed by atoms with Gasteiger partial charge in [0.2, 0.25) is 0 Å². The summed E-state index contributed by atoms with van der Waals surface area (Å²) >= 11 is 0. The van der Waals surface area contributed by atoms with Crippen LogP contribution < -0.4 is 5.32 Å². The lowest BCUT2D eigenvalue weighted by Gasteiger charge is -2.39. The molecule has 1 saturated heterocycles. The summed E-state index contributed by atoms with van der Waals surface area (Å²) in [5, 5.41) is 12.9. The predicted octanol–water partition coefficient (Wildman–Crippen LogP) is 5.35. The van der Waals surface area contributed by atoms with Crippen LogP contribution in [-0.2, 0) is 19.1 Å². The van der Waals surface area contributed by atoms with Crippen LogP contribution in [-0.4, -0.2) is 48.0 Å². The Kier molecular flexibility index (Phi) is 7.92. The maximum atomic E-state index is 13.6. The van der Waals surface area contributed by atoms with Gasteiger partial charge in [0.1, 0.15) is 5.60 Å². The molecule has 1 N–H and O–H groups in total. The zero-order valence-corrected chi connectivity index (χ0v) is 23.8. The van der Waals surface area contributed by atoms with E-state index in [4.69, 9.17) is 9.47 Å². The molecule has 39 heavy (non-hydrogen) atoms. The van der Waals surface area contributed by atoms with E-state index in [1.54, 1.807) is 23.1 Å². The van der Waals surface area contributed by atoms with Crippen molar-refractivity contribution >= 4 is 17.8 Å². The van der Waals surface area contributed by atoms with Crippen LogP contribution in [0.5, 0.6) is 0 Å². The quantitative estimate of drug-likeness (QED) is 0.520. The van der Waals surface area contributed by atoms with E-state index in [0.717, 1.165) is 11.3 Å². The van der Waals surface area contributed by atoms with Crippen LogP contribution in [0.4, 0.5) is 4.79 Å². The molecule has 1 unspecified atom stereocenters. The average Bonchev–Trinajstić information content (AvgIpc) is 2.85. The van der Waals surface area contributed by atoms with Gasteiger partial charge in [0.25, 0.3) is 0 Å². The number of nitrogens with one attached hydrogen (secondary N) is 1. The number of ketones is 1. The predicted molar refractivity (Wildman–Crippen MR) is 146 cm³/mol. The molecule has 1 aromatic rings. The number of piperidine rings is 1. The van der Waals surface area contributed by atoms with Crippen molar-refractivity contribution in [2.24, 2.45) is 11.3 Å². The smallest absolute Gasteiger partial charge is 0.410 e. The lowest BCUT2D eigenvalue weighted by molar-refractivity contribution is -0.141. The van der Waals surface area contributed by atoms with Gasteiger partial charge in [-0.1, -0.05) is 26.0 Å². The van der Waals surface area contributed by atoms with Crippen LogP contribution in [0.3, 0.4) is 0 Å². The molecule has 1 fully saturated rings. The Bertz CT molecular complexity index is 1270. The molecule has 2 heterocycles. The second-order valence-corrected chi connectivity index (χ2v) is 12.7. The number of allylic oxidation sites excluding steroid dienone is 3. The van der Waals surface area contributed by atoms with Crippen LogP contribution in [0.2, 0.25) is 0 Å². The minimum Gasteiger partial charge on any atom is -0.462 e. The molecule has 0 saturated carbocycles. The van der Waals surface area contributed by atoms with Gasteiger partial charge in [-0.2, -0.15) is 5.26 Å². The monoisotopic (exact) mass is 533 g/mol. The van der Waals surface area contributed by atoms with E-state index in [1.165, 1.54) is 0 Å². The van der Waals surface area contributed by atoms with E-state index >= 15 is 0 Å². The van der Waals surface area contributed by atoms with Crippen LogP contribution in [0.15, 0.2) is 46.8 Å². The molecule has 8 heteroatoms. The van der Waals surface area contributed by atoms with Crippen molar-refractivity contribution in [1.82, 2.24) is 10.2 Å². The number of carbonyl (C=O) groups is 3. The van der Waals surface area contributed by atoms with Crippen LogP contribution in [0.1, 0.15) is 84.3 Å². The third kappa shape index (κ3) is 6.52. The molecule has 4 rings (SSSR count). The summed E-state index contributed by atoms with van der Waals surface area (Å²) in [6.07, 6.45) is 2.18. The van der Waals surface area contributed by atoms with E-state index in [2.05, 4.69) is 25.2 Å². The lowest BCUT2D eigenvalue weighted by atomic mass is 9.68. The van der Waals surface area contributed by atoms with Crippen LogP contribution in [0.25, 0.3) is 0 Å². The number of likely N-dealkylation sites (tertiary alicyclic amines) is 1. The average molecular weight is 534 g/mol. The number of benzene rings is 1. The number of Topliss-reactive ketones (excluding diaryl/α,β-unsaturated/α-hetero) is 1. The zero-order chi connectivity index (χ0) is 28.5. The highest BCUT2D eigenvalue weighted by Gasteiger charge is 2.43. The largest absolute Gasteiger partial charge is 0.462 e. The number of amides is 1. The molecule has 3 aliphatic rings. The number of rotatable bonds is 4. The Morgan fingerprint density at radius 1 is 1.18 bits per heavy atom. The van der Waals surface area contributed by atoms with Crippen molar-refractivity contribution in [2.75, 3.05) is 19.7 Å². The normalized spacial score (nSPS) is 21.6. The molecule has 1 aromatic carbocycles. The first-order valence-corrected chi connectivity index (χ1v) is 13.7. The van der Waals surface area contributed by atoms with E-state index in [9.17, 15) is 19.6 Å². The van der Waals surface area contributed by atoms with Gasteiger partial charge in [-0.15, -0.1) is 0 Å². The second kappa shape index (κ2) is 10.9. The Morgan fingerprint density at radius 3 is 2.51 bits per heavy atom. The van der Waals surface area contributed by atoms with E-state index in [1.807, 2.05) is 33.8 Å². The number of hydrogen-bond donors (Lipinski definition) is 1. The fraction of sp³-hybridized carbons (Fsp3) is 0.548. The number of carbonyl (C=O) groups excluding carboxylic acids is 3. The Balaban J connectivity index is 1.52. The molecular formula is C31H39N3O5. The van der Waals surface area contributed by atoms with Crippen LogP contribution >= 0.6 is 0 Å². The van der Waals surface area contributed by atoms with E-state index < -0.39 is 17.5 Å². The molecule has 2 aliphatic heterocycles. The first-order chi connectivity index (χ1) is 18.3. The molecular weight excluding hydrogens is 494 g/mol. The number of esters is 1. The van der Waals surface area contributed by atoms with Crippen molar-refractivity contribution in [3.8, 4) is 6.07 Å². The molecule has 1 atom stereocenters.